The highest BCUT2D eigenvalue weighted by atomic mass is 32.7. The minimum absolute atomic E-state index is 0.185. The zero-order chi connectivity index (χ0) is 19.8. The van der Waals surface area contributed by atoms with Crippen molar-refractivity contribution in [2.75, 3.05) is 12.3 Å². The van der Waals surface area contributed by atoms with Gasteiger partial charge < -0.3 is 19.7 Å². The SMILES string of the molecule is CC(N[P@@](=O)(Oc1ccccc1)SCCNC(=O)OC(C)(C)C)C(=O)O. The van der Waals surface area contributed by atoms with Gasteiger partial charge in [0.2, 0.25) is 0 Å². The number of aliphatic carboxylic acids is 1. The minimum Gasteiger partial charge on any atom is -0.480 e. The molecular formula is C16H25N2O6PS. The second-order valence-corrected chi connectivity index (χ2v) is 10.7. The molecule has 8 nitrogen and oxygen atoms in total. The molecule has 1 amide bonds. The highest BCUT2D eigenvalue weighted by Gasteiger charge is 2.30. The molecule has 1 rings (SSSR count). The van der Waals surface area contributed by atoms with Gasteiger partial charge in [-0.1, -0.05) is 18.2 Å². The van der Waals surface area contributed by atoms with Crippen LogP contribution in [0.1, 0.15) is 27.7 Å². The third-order valence-corrected chi connectivity index (χ3v) is 6.71. The van der Waals surface area contributed by atoms with Crippen LogP contribution < -0.4 is 14.9 Å². The first kappa shape index (κ1) is 22.3. The number of amides is 1. The molecule has 0 aliphatic carbocycles. The standard InChI is InChI=1S/C16H25N2O6PS/c1-12(14(19)20)18-25(22,24-13-8-6-5-7-9-13)26-11-10-17-15(21)23-16(2,3)4/h5-9,12H,10-11H2,1-4H3,(H,17,21)(H,18,22)(H,19,20)/t12?,25-/m1/s1. The summed E-state index contributed by atoms with van der Waals surface area (Å²) in [5, 5.41) is 14.1. The Hall–Kier alpha value is -1.70. The number of carbonyl (C=O) groups is 2. The van der Waals surface area contributed by atoms with Crippen LogP contribution in [0.5, 0.6) is 5.75 Å². The van der Waals surface area contributed by atoms with E-state index >= 15 is 0 Å². The first-order valence-corrected chi connectivity index (χ1v) is 11.2. The van der Waals surface area contributed by atoms with Crippen LogP contribution in [0.25, 0.3) is 0 Å². The van der Waals surface area contributed by atoms with Gasteiger partial charge in [-0.05, 0) is 51.2 Å². The number of hydrogen-bond acceptors (Lipinski definition) is 6. The quantitative estimate of drug-likeness (QED) is 0.423. The average Bonchev–Trinajstić information content (AvgIpc) is 2.50. The minimum atomic E-state index is -3.56. The van der Waals surface area contributed by atoms with Crippen LogP contribution in [-0.2, 0) is 14.1 Å². The van der Waals surface area contributed by atoms with Crippen molar-refractivity contribution in [2.24, 2.45) is 0 Å². The summed E-state index contributed by atoms with van der Waals surface area (Å²) in [6, 6.07) is 7.40. The number of alkyl carbamates (subject to hydrolysis) is 1. The van der Waals surface area contributed by atoms with Crippen molar-refractivity contribution >= 4 is 30.2 Å². The number of carboxylic acid groups (broad SMARTS) is 1. The van der Waals surface area contributed by atoms with Gasteiger partial charge in [0.05, 0.1) is 0 Å². The molecule has 0 aliphatic heterocycles. The first-order valence-electron chi connectivity index (χ1n) is 7.97. The van der Waals surface area contributed by atoms with Gasteiger partial charge in [0.1, 0.15) is 17.4 Å². The molecular weight excluding hydrogens is 379 g/mol. The maximum absolute atomic E-state index is 13.0. The smallest absolute Gasteiger partial charge is 0.407 e. The number of hydrogen-bond donors (Lipinski definition) is 3. The van der Waals surface area contributed by atoms with Gasteiger partial charge in [-0.15, -0.1) is 0 Å². The number of carbonyl (C=O) groups excluding carboxylic acids is 1. The number of para-hydroxylation sites is 1. The molecule has 0 heterocycles. The van der Waals surface area contributed by atoms with Crippen LogP contribution in [0, 0.1) is 0 Å². The van der Waals surface area contributed by atoms with Crippen molar-refractivity contribution in [2.45, 2.75) is 39.3 Å². The van der Waals surface area contributed by atoms with Crippen LogP contribution in [0.4, 0.5) is 4.79 Å². The number of carboxylic acids is 1. The molecule has 0 saturated heterocycles. The Bertz CT molecular complexity index is 650. The fourth-order valence-electron chi connectivity index (χ4n) is 1.64. The summed E-state index contributed by atoms with van der Waals surface area (Å²) in [6.45, 7) is 3.26. The second kappa shape index (κ2) is 9.85. The zero-order valence-electron chi connectivity index (χ0n) is 15.2. The molecule has 0 aliphatic rings. The van der Waals surface area contributed by atoms with E-state index in [0.29, 0.717) is 5.75 Å². The first-order chi connectivity index (χ1) is 12.0. The van der Waals surface area contributed by atoms with Crippen LogP contribution in [-0.4, -0.2) is 41.1 Å². The Morgan fingerprint density at radius 2 is 1.88 bits per heavy atom. The summed E-state index contributed by atoms with van der Waals surface area (Å²) in [4.78, 5) is 22.7. The van der Waals surface area contributed by atoms with E-state index in [0.717, 1.165) is 11.4 Å². The monoisotopic (exact) mass is 404 g/mol. The zero-order valence-corrected chi connectivity index (χ0v) is 16.9. The number of ether oxygens (including phenoxy) is 1. The molecule has 10 heteroatoms. The number of nitrogens with one attached hydrogen (secondary N) is 2. The lowest BCUT2D eigenvalue weighted by atomic mass is 10.2. The van der Waals surface area contributed by atoms with Gasteiger partial charge >= 0.3 is 18.8 Å². The summed E-state index contributed by atoms with van der Waals surface area (Å²) in [7, 11) is 0. The van der Waals surface area contributed by atoms with Crippen LogP contribution >= 0.6 is 18.1 Å². The van der Waals surface area contributed by atoms with Gasteiger partial charge in [-0.25, -0.2) is 14.4 Å². The number of benzene rings is 1. The molecule has 0 spiro atoms. The topological polar surface area (TPSA) is 114 Å². The highest BCUT2D eigenvalue weighted by Crippen LogP contribution is 2.55. The van der Waals surface area contributed by atoms with Gasteiger partial charge in [0, 0.05) is 12.3 Å². The highest BCUT2D eigenvalue weighted by molar-refractivity contribution is 8.56. The molecule has 2 atom stereocenters. The molecule has 1 aromatic carbocycles. The van der Waals surface area contributed by atoms with Crippen LogP contribution in [0.2, 0.25) is 0 Å². The van der Waals surface area contributed by atoms with Crippen molar-refractivity contribution in [1.29, 1.82) is 0 Å². The van der Waals surface area contributed by atoms with Crippen molar-refractivity contribution in [3.63, 3.8) is 0 Å². The summed E-state index contributed by atoms with van der Waals surface area (Å²) >= 11 is 0.913. The van der Waals surface area contributed by atoms with E-state index in [9.17, 15) is 14.2 Å². The van der Waals surface area contributed by atoms with Crippen LogP contribution in [0.3, 0.4) is 0 Å². The second-order valence-electron chi connectivity index (χ2n) is 6.35. The van der Waals surface area contributed by atoms with E-state index in [1.807, 2.05) is 0 Å². The third kappa shape index (κ3) is 9.12. The van der Waals surface area contributed by atoms with Gasteiger partial charge in [-0.2, -0.15) is 0 Å². The van der Waals surface area contributed by atoms with E-state index in [-0.39, 0.29) is 12.3 Å². The fraction of sp³-hybridized carbons (Fsp3) is 0.500. The Kier molecular flexibility index (Phi) is 8.46. The lowest BCUT2D eigenvalue weighted by Gasteiger charge is -2.22. The predicted octanol–water partition coefficient (Wildman–Crippen LogP) is 3.49. The van der Waals surface area contributed by atoms with Crippen LogP contribution in [0.15, 0.2) is 30.3 Å². The van der Waals surface area contributed by atoms with Crippen molar-refractivity contribution < 1.29 is 28.5 Å². The lowest BCUT2D eigenvalue weighted by Crippen LogP contribution is -2.34. The molecule has 0 fully saturated rings. The molecule has 0 bridgehead atoms. The summed E-state index contributed by atoms with van der Waals surface area (Å²) in [6.07, 6.45) is -0.580. The maximum atomic E-state index is 13.0. The van der Waals surface area contributed by atoms with E-state index in [1.54, 1.807) is 51.1 Å². The van der Waals surface area contributed by atoms with Crippen molar-refractivity contribution in [3.05, 3.63) is 30.3 Å². The van der Waals surface area contributed by atoms with E-state index in [2.05, 4.69) is 10.4 Å². The molecule has 26 heavy (non-hydrogen) atoms. The Morgan fingerprint density at radius 1 is 1.27 bits per heavy atom. The normalized spacial score (nSPS) is 14.8. The summed E-state index contributed by atoms with van der Waals surface area (Å²) < 4.78 is 23.6. The molecule has 0 saturated carbocycles. The number of rotatable bonds is 9. The van der Waals surface area contributed by atoms with Gasteiger partial charge in [0.25, 0.3) is 0 Å². The molecule has 1 aromatic rings. The van der Waals surface area contributed by atoms with E-state index < -0.39 is 30.4 Å². The molecule has 3 N–H and O–H groups in total. The maximum Gasteiger partial charge on any atom is 0.407 e. The molecule has 0 aromatic heterocycles. The summed E-state index contributed by atoms with van der Waals surface area (Å²) in [5.41, 5.74) is -0.610. The molecule has 146 valence electrons. The Balaban J connectivity index is 2.63. The summed E-state index contributed by atoms with van der Waals surface area (Å²) in [5.74, 6) is -0.550. The third-order valence-electron chi connectivity index (χ3n) is 2.72. The van der Waals surface area contributed by atoms with Gasteiger partial charge in [-0.3, -0.25) is 4.79 Å². The average molecular weight is 404 g/mol. The van der Waals surface area contributed by atoms with E-state index in [4.69, 9.17) is 14.4 Å². The fourth-order valence-corrected chi connectivity index (χ4v) is 5.34. The van der Waals surface area contributed by atoms with E-state index in [1.165, 1.54) is 6.92 Å². The Morgan fingerprint density at radius 3 is 2.42 bits per heavy atom. The lowest BCUT2D eigenvalue weighted by molar-refractivity contribution is -0.138. The molecule has 1 unspecified atom stereocenters. The van der Waals surface area contributed by atoms with Crippen molar-refractivity contribution in [1.82, 2.24) is 10.4 Å². The molecule has 0 radical (unpaired) electrons. The Labute approximate surface area is 157 Å². The predicted molar refractivity (Wildman–Crippen MR) is 102 cm³/mol. The largest absolute Gasteiger partial charge is 0.480 e. The van der Waals surface area contributed by atoms with Crippen molar-refractivity contribution in [3.8, 4) is 5.75 Å². The van der Waals surface area contributed by atoms with Gasteiger partial charge in [0.15, 0.2) is 0 Å².